The van der Waals surface area contributed by atoms with Crippen LogP contribution < -0.4 is 10.6 Å². The van der Waals surface area contributed by atoms with Crippen molar-refractivity contribution in [3.05, 3.63) is 53.3 Å². The van der Waals surface area contributed by atoms with E-state index in [4.69, 9.17) is 0 Å². The molecule has 0 spiro atoms. The van der Waals surface area contributed by atoms with Gasteiger partial charge in [0.25, 0.3) is 11.8 Å². The van der Waals surface area contributed by atoms with E-state index < -0.39 is 12.1 Å². The number of piperidine rings is 2. The topological polar surface area (TPSA) is 137 Å². The standard InChI is InChI=1S/C32H41N7O5/c1-20-30(42)38-18-22-15-23(19-37(17-22)31(43)25-16-27-32(44)36(2)13-14-39(27)35-25)26(38)9-6-10-28(40)34-24(29(41)33-20)12-11-21-7-4-3-5-8-21/h3-5,7-8,16,20,22-24,26H,6,9-15,17-19H2,1-2H3,(H,33,41)(H,34,40)/t20-,22+,23-,24+,26+/m1/s1. The first-order valence-electron chi connectivity index (χ1n) is 15.7. The quantitative estimate of drug-likeness (QED) is 0.537. The lowest BCUT2D eigenvalue weighted by atomic mass is 9.77. The Morgan fingerprint density at radius 2 is 1.82 bits per heavy atom. The number of amides is 5. The van der Waals surface area contributed by atoms with Gasteiger partial charge in [-0.25, -0.2) is 0 Å². The van der Waals surface area contributed by atoms with Crippen LogP contribution in [-0.2, 0) is 27.3 Å². The van der Waals surface area contributed by atoms with E-state index in [0.29, 0.717) is 64.1 Å². The maximum absolute atomic E-state index is 13.8. The molecule has 5 atom stereocenters. The summed E-state index contributed by atoms with van der Waals surface area (Å²) in [6.07, 6.45) is 3.41. The van der Waals surface area contributed by atoms with Gasteiger partial charge < -0.3 is 25.3 Å². The second kappa shape index (κ2) is 12.4. The van der Waals surface area contributed by atoms with Crippen molar-refractivity contribution in [3.8, 4) is 0 Å². The minimum atomic E-state index is -0.746. The predicted octanol–water partition coefficient (Wildman–Crippen LogP) is 1.06. The normalized spacial score (nSPS) is 27.9. The van der Waals surface area contributed by atoms with Gasteiger partial charge in [-0.15, -0.1) is 0 Å². The number of likely N-dealkylation sites (N-methyl/N-ethyl adjacent to an activating group) is 1. The van der Waals surface area contributed by atoms with Gasteiger partial charge in [0.05, 0.1) is 6.54 Å². The number of rotatable bonds is 4. The minimum Gasteiger partial charge on any atom is -0.344 e. The number of likely N-dealkylation sites (tertiary alicyclic amines) is 1. The number of benzene rings is 1. The lowest BCUT2D eigenvalue weighted by Crippen LogP contribution is -2.63. The first-order valence-corrected chi connectivity index (χ1v) is 15.7. The van der Waals surface area contributed by atoms with Crippen molar-refractivity contribution in [3.63, 3.8) is 0 Å². The van der Waals surface area contributed by atoms with E-state index in [1.165, 1.54) is 0 Å². The smallest absolute Gasteiger partial charge is 0.274 e. The third-order valence-electron chi connectivity index (χ3n) is 9.60. The van der Waals surface area contributed by atoms with E-state index in [2.05, 4.69) is 15.7 Å². The van der Waals surface area contributed by atoms with Crippen LogP contribution in [0.5, 0.6) is 0 Å². The first-order chi connectivity index (χ1) is 21.2. The molecule has 0 unspecified atom stereocenters. The van der Waals surface area contributed by atoms with Crippen LogP contribution in [-0.4, -0.2) is 105 Å². The van der Waals surface area contributed by atoms with Gasteiger partial charge in [-0.3, -0.25) is 28.7 Å². The van der Waals surface area contributed by atoms with Gasteiger partial charge in [0.15, 0.2) is 5.69 Å². The molecule has 234 valence electrons. The number of carbonyl (C=O) groups is 5. The number of nitrogens with one attached hydrogen (secondary N) is 2. The summed E-state index contributed by atoms with van der Waals surface area (Å²) in [5.74, 6) is -0.888. The fraction of sp³-hybridized carbons (Fsp3) is 0.562. The number of aromatic nitrogens is 2. The van der Waals surface area contributed by atoms with Gasteiger partial charge in [0.1, 0.15) is 17.8 Å². The van der Waals surface area contributed by atoms with Gasteiger partial charge in [-0.05, 0) is 56.4 Å². The zero-order valence-electron chi connectivity index (χ0n) is 25.4. The molecule has 44 heavy (non-hydrogen) atoms. The molecule has 0 aliphatic carbocycles. The molecule has 12 heteroatoms. The zero-order valence-corrected chi connectivity index (χ0v) is 25.4. The van der Waals surface area contributed by atoms with E-state index in [-0.39, 0.29) is 59.5 Å². The Bertz CT molecular complexity index is 1440. The summed E-state index contributed by atoms with van der Waals surface area (Å²) >= 11 is 0. The number of aryl methyl sites for hydroxylation is 1. The summed E-state index contributed by atoms with van der Waals surface area (Å²) in [6, 6.07) is 9.78. The molecule has 1 aromatic heterocycles. The minimum absolute atomic E-state index is 0.0351. The van der Waals surface area contributed by atoms with Crippen LogP contribution in [0.25, 0.3) is 0 Å². The molecule has 5 heterocycles. The number of carbonyl (C=O) groups excluding carboxylic acids is 5. The van der Waals surface area contributed by atoms with E-state index >= 15 is 0 Å². The zero-order chi connectivity index (χ0) is 31.0. The largest absolute Gasteiger partial charge is 0.344 e. The summed E-state index contributed by atoms with van der Waals surface area (Å²) in [5, 5.41) is 10.2. The second-order valence-electron chi connectivity index (χ2n) is 12.8. The fourth-order valence-electron chi connectivity index (χ4n) is 7.29. The molecule has 3 saturated heterocycles. The van der Waals surface area contributed by atoms with Crippen molar-refractivity contribution in [1.82, 2.24) is 35.1 Å². The van der Waals surface area contributed by atoms with Gasteiger partial charge >= 0.3 is 0 Å². The molecule has 5 amide bonds. The van der Waals surface area contributed by atoms with Crippen LogP contribution in [0.4, 0.5) is 0 Å². The predicted molar refractivity (Wildman–Crippen MR) is 160 cm³/mol. The highest BCUT2D eigenvalue weighted by Crippen LogP contribution is 2.36. The first kappa shape index (κ1) is 29.8. The van der Waals surface area contributed by atoms with Crippen molar-refractivity contribution >= 4 is 29.5 Å². The Morgan fingerprint density at radius 3 is 2.61 bits per heavy atom. The molecule has 12 nitrogen and oxygen atoms in total. The summed E-state index contributed by atoms with van der Waals surface area (Å²) in [4.78, 5) is 71.6. The van der Waals surface area contributed by atoms with Crippen LogP contribution in [0.15, 0.2) is 36.4 Å². The Balaban J connectivity index is 1.15. The van der Waals surface area contributed by atoms with Crippen LogP contribution in [0.1, 0.15) is 65.6 Å². The highest BCUT2D eigenvalue weighted by Gasteiger charge is 2.45. The summed E-state index contributed by atoms with van der Waals surface area (Å²) in [7, 11) is 1.74. The van der Waals surface area contributed by atoms with Crippen molar-refractivity contribution < 1.29 is 24.0 Å². The molecular formula is C32H41N7O5. The molecule has 3 fully saturated rings. The summed E-state index contributed by atoms with van der Waals surface area (Å²) in [6.45, 7) is 4.24. The number of hydrogen-bond acceptors (Lipinski definition) is 6. The molecule has 4 aliphatic heterocycles. The lowest BCUT2D eigenvalue weighted by molar-refractivity contribution is -0.145. The van der Waals surface area contributed by atoms with E-state index in [0.717, 1.165) is 12.0 Å². The van der Waals surface area contributed by atoms with Crippen molar-refractivity contribution in [2.24, 2.45) is 11.8 Å². The van der Waals surface area contributed by atoms with Crippen molar-refractivity contribution in [2.45, 2.75) is 70.1 Å². The third kappa shape index (κ3) is 6.07. The fourth-order valence-corrected chi connectivity index (χ4v) is 7.29. The third-order valence-corrected chi connectivity index (χ3v) is 9.60. The summed E-state index contributed by atoms with van der Waals surface area (Å²) in [5.41, 5.74) is 1.77. The maximum atomic E-state index is 13.8. The molecule has 2 bridgehead atoms. The lowest BCUT2D eigenvalue weighted by Gasteiger charge is -2.51. The molecule has 0 radical (unpaired) electrons. The average molecular weight is 604 g/mol. The van der Waals surface area contributed by atoms with Gasteiger partial charge in [0, 0.05) is 51.8 Å². The SMILES string of the molecule is C[C@H]1NC(=O)[C@H](CCc2ccccc2)NC(=O)CCC[C@H]2[C@@H]3C[C@@H](CN(C(=O)c4cc5n(n4)CCN(C)C5=O)C3)CN2C1=O. The molecule has 2 N–H and O–H groups in total. The summed E-state index contributed by atoms with van der Waals surface area (Å²) < 4.78 is 1.61. The molecular weight excluding hydrogens is 562 g/mol. The highest BCUT2D eigenvalue weighted by molar-refractivity contribution is 5.98. The molecule has 2 aromatic rings. The Labute approximate surface area is 257 Å². The molecule has 4 aliphatic rings. The average Bonchev–Trinajstić information content (AvgIpc) is 3.46. The molecule has 6 rings (SSSR count). The van der Waals surface area contributed by atoms with Crippen LogP contribution in [0, 0.1) is 11.8 Å². The van der Waals surface area contributed by atoms with E-state index in [1.807, 2.05) is 40.1 Å². The Morgan fingerprint density at radius 1 is 1.02 bits per heavy atom. The van der Waals surface area contributed by atoms with Crippen LogP contribution in [0.3, 0.4) is 0 Å². The monoisotopic (exact) mass is 603 g/mol. The molecule has 1 aromatic carbocycles. The number of nitrogens with zero attached hydrogens (tertiary/aromatic N) is 5. The highest BCUT2D eigenvalue weighted by atomic mass is 16.2. The van der Waals surface area contributed by atoms with Crippen molar-refractivity contribution in [2.75, 3.05) is 33.2 Å². The van der Waals surface area contributed by atoms with Crippen molar-refractivity contribution in [1.29, 1.82) is 0 Å². The Hall–Kier alpha value is -4.22. The number of hydrogen-bond donors (Lipinski definition) is 2. The van der Waals surface area contributed by atoms with Gasteiger partial charge in [0.2, 0.25) is 17.7 Å². The van der Waals surface area contributed by atoms with Crippen LogP contribution in [0.2, 0.25) is 0 Å². The van der Waals surface area contributed by atoms with E-state index in [9.17, 15) is 24.0 Å². The van der Waals surface area contributed by atoms with E-state index in [1.54, 1.807) is 29.6 Å². The number of fused-ring (bicyclic) bond motifs is 5. The van der Waals surface area contributed by atoms with Gasteiger partial charge in [-0.1, -0.05) is 30.3 Å². The van der Waals surface area contributed by atoms with Gasteiger partial charge in [-0.2, -0.15) is 5.10 Å². The maximum Gasteiger partial charge on any atom is 0.274 e. The second-order valence-corrected chi connectivity index (χ2v) is 12.8. The van der Waals surface area contributed by atoms with Crippen LogP contribution >= 0.6 is 0 Å². The Kier molecular flexibility index (Phi) is 8.42. The molecule has 0 saturated carbocycles.